The Morgan fingerprint density at radius 3 is 2.65 bits per heavy atom. The average molecular weight is 240 g/mol. The van der Waals surface area contributed by atoms with Crippen LogP contribution in [0.25, 0.3) is 0 Å². The molecule has 0 bridgehead atoms. The molecule has 1 saturated carbocycles. The molecule has 3 nitrogen and oxygen atoms in total. The third-order valence-corrected chi connectivity index (χ3v) is 4.41. The van der Waals surface area contributed by atoms with E-state index in [1.807, 2.05) is 0 Å². The summed E-state index contributed by atoms with van der Waals surface area (Å²) in [5.74, 6) is 0.868. The van der Waals surface area contributed by atoms with Crippen molar-refractivity contribution < 1.29 is 4.74 Å². The Hall–Kier alpha value is -0.120. The van der Waals surface area contributed by atoms with Gasteiger partial charge in [0.1, 0.15) is 0 Å². The molecule has 0 radical (unpaired) electrons. The van der Waals surface area contributed by atoms with Crippen molar-refractivity contribution in [2.24, 2.45) is 5.92 Å². The molecule has 0 spiro atoms. The highest BCUT2D eigenvalue weighted by atomic mass is 16.5. The molecular weight excluding hydrogens is 212 g/mol. The van der Waals surface area contributed by atoms with E-state index in [1.54, 1.807) is 0 Å². The topological polar surface area (TPSA) is 24.5 Å². The van der Waals surface area contributed by atoms with Gasteiger partial charge in [0.2, 0.25) is 0 Å². The minimum Gasteiger partial charge on any atom is -0.381 e. The normalized spacial score (nSPS) is 31.2. The average Bonchev–Trinajstić information content (AvgIpc) is 2.79. The Balaban J connectivity index is 1.70. The molecule has 17 heavy (non-hydrogen) atoms. The van der Waals surface area contributed by atoms with Crippen LogP contribution in [0.1, 0.15) is 39.0 Å². The third-order valence-electron chi connectivity index (χ3n) is 4.41. The largest absolute Gasteiger partial charge is 0.381 e. The van der Waals surface area contributed by atoms with Gasteiger partial charge in [0.25, 0.3) is 0 Å². The van der Waals surface area contributed by atoms with Crippen molar-refractivity contribution >= 4 is 0 Å². The predicted octanol–water partition coefficient (Wildman–Crippen LogP) is 1.88. The van der Waals surface area contributed by atoms with Gasteiger partial charge in [-0.1, -0.05) is 6.92 Å². The van der Waals surface area contributed by atoms with E-state index in [1.165, 1.54) is 38.6 Å². The fourth-order valence-corrected chi connectivity index (χ4v) is 3.32. The van der Waals surface area contributed by atoms with Crippen molar-refractivity contribution in [1.82, 2.24) is 10.2 Å². The first-order valence-corrected chi connectivity index (χ1v) is 7.31. The quantitative estimate of drug-likeness (QED) is 0.794. The molecule has 2 atom stereocenters. The Morgan fingerprint density at radius 2 is 1.94 bits per heavy atom. The van der Waals surface area contributed by atoms with Gasteiger partial charge in [0, 0.05) is 31.8 Å². The summed E-state index contributed by atoms with van der Waals surface area (Å²) in [7, 11) is 2.31. The van der Waals surface area contributed by atoms with E-state index in [0.29, 0.717) is 0 Å². The Bertz CT molecular complexity index is 216. The highest BCUT2D eigenvalue weighted by molar-refractivity contribution is 4.86. The second-order valence-electron chi connectivity index (χ2n) is 5.72. The number of hydrogen-bond donors (Lipinski definition) is 1. The molecule has 1 aliphatic carbocycles. The Morgan fingerprint density at radius 1 is 1.18 bits per heavy atom. The zero-order chi connectivity index (χ0) is 12.1. The maximum absolute atomic E-state index is 5.43. The standard InChI is InChI=1S/C14H28N2O/c1-3-15-13-4-5-14(10-13)16(2)11-12-6-8-17-9-7-12/h12-15H,3-11H2,1-2H3. The van der Waals surface area contributed by atoms with Crippen LogP contribution in [0.4, 0.5) is 0 Å². The summed E-state index contributed by atoms with van der Waals surface area (Å²) < 4.78 is 5.43. The molecule has 2 unspecified atom stereocenters. The molecule has 0 aromatic carbocycles. The molecule has 0 aromatic heterocycles. The van der Waals surface area contributed by atoms with Crippen molar-refractivity contribution in [3.8, 4) is 0 Å². The van der Waals surface area contributed by atoms with Gasteiger partial charge in [-0.25, -0.2) is 0 Å². The van der Waals surface area contributed by atoms with E-state index in [4.69, 9.17) is 4.74 Å². The van der Waals surface area contributed by atoms with Crippen LogP contribution < -0.4 is 5.32 Å². The van der Waals surface area contributed by atoms with E-state index in [0.717, 1.165) is 37.8 Å². The molecule has 0 aromatic rings. The Kier molecular flexibility index (Phi) is 5.26. The summed E-state index contributed by atoms with van der Waals surface area (Å²) in [6, 6.07) is 1.57. The lowest BCUT2D eigenvalue weighted by atomic mass is 9.99. The molecule has 1 heterocycles. The van der Waals surface area contributed by atoms with Gasteiger partial charge in [-0.05, 0) is 51.6 Å². The summed E-state index contributed by atoms with van der Waals surface area (Å²) in [5.41, 5.74) is 0. The number of nitrogens with one attached hydrogen (secondary N) is 1. The van der Waals surface area contributed by atoms with Crippen LogP contribution in [0.15, 0.2) is 0 Å². The predicted molar refractivity (Wildman–Crippen MR) is 71.3 cm³/mol. The summed E-state index contributed by atoms with van der Waals surface area (Å²) in [4.78, 5) is 2.60. The van der Waals surface area contributed by atoms with Crippen LogP contribution in [-0.2, 0) is 4.74 Å². The summed E-state index contributed by atoms with van der Waals surface area (Å²) >= 11 is 0. The molecule has 0 amide bonds. The summed E-state index contributed by atoms with van der Waals surface area (Å²) in [6.45, 7) is 6.54. The fraction of sp³-hybridized carbons (Fsp3) is 1.00. The van der Waals surface area contributed by atoms with Crippen molar-refractivity contribution in [2.45, 2.75) is 51.1 Å². The summed E-state index contributed by atoms with van der Waals surface area (Å²) in [6.07, 6.45) is 6.59. The summed E-state index contributed by atoms with van der Waals surface area (Å²) in [5, 5.41) is 3.59. The van der Waals surface area contributed by atoms with Crippen LogP contribution in [0.5, 0.6) is 0 Å². The van der Waals surface area contributed by atoms with Crippen LogP contribution in [0.3, 0.4) is 0 Å². The van der Waals surface area contributed by atoms with Gasteiger partial charge in [0.15, 0.2) is 0 Å². The van der Waals surface area contributed by atoms with Gasteiger partial charge >= 0.3 is 0 Å². The smallest absolute Gasteiger partial charge is 0.0469 e. The van der Waals surface area contributed by atoms with Crippen LogP contribution in [0, 0.1) is 5.92 Å². The van der Waals surface area contributed by atoms with Gasteiger partial charge in [-0.2, -0.15) is 0 Å². The first kappa shape index (κ1) is 13.3. The maximum atomic E-state index is 5.43. The zero-order valence-corrected chi connectivity index (χ0v) is 11.5. The molecule has 1 saturated heterocycles. The van der Waals surface area contributed by atoms with E-state index in [2.05, 4.69) is 24.2 Å². The molecular formula is C14H28N2O. The lowest BCUT2D eigenvalue weighted by molar-refractivity contribution is 0.0505. The van der Waals surface area contributed by atoms with Crippen LogP contribution in [0.2, 0.25) is 0 Å². The lowest BCUT2D eigenvalue weighted by Crippen LogP contribution is -2.37. The maximum Gasteiger partial charge on any atom is 0.0469 e. The highest BCUT2D eigenvalue weighted by Crippen LogP contribution is 2.25. The van der Waals surface area contributed by atoms with Crippen molar-refractivity contribution in [2.75, 3.05) is 33.4 Å². The van der Waals surface area contributed by atoms with Crippen LogP contribution >= 0.6 is 0 Å². The molecule has 1 N–H and O–H groups in total. The van der Waals surface area contributed by atoms with E-state index < -0.39 is 0 Å². The molecule has 2 fully saturated rings. The van der Waals surface area contributed by atoms with Crippen molar-refractivity contribution in [1.29, 1.82) is 0 Å². The second kappa shape index (κ2) is 6.72. The number of hydrogen-bond acceptors (Lipinski definition) is 3. The van der Waals surface area contributed by atoms with Gasteiger partial charge in [-0.15, -0.1) is 0 Å². The van der Waals surface area contributed by atoms with Crippen molar-refractivity contribution in [3.63, 3.8) is 0 Å². The molecule has 3 heteroatoms. The van der Waals surface area contributed by atoms with E-state index >= 15 is 0 Å². The zero-order valence-electron chi connectivity index (χ0n) is 11.5. The molecule has 1 aliphatic heterocycles. The third kappa shape index (κ3) is 3.94. The fourth-order valence-electron chi connectivity index (χ4n) is 3.32. The van der Waals surface area contributed by atoms with Crippen molar-refractivity contribution in [3.05, 3.63) is 0 Å². The van der Waals surface area contributed by atoms with Gasteiger partial charge in [0.05, 0.1) is 0 Å². The monoisotopic (exact) mass is 240 g/mol. The first-order chi connectivity index (χ1) is 8.29. The highest BCUT2D eigenvalue weighted by Gasteiger charge is 2.28. The number of nitrogens with zero attached hydrogens (tertiary/aromatic N) is 1. The van der Waals surface area contributed by atoms with E-state index in [9.17, 15) is 0 Å². The SMILES string of the molecule is CCNC1CCC(N(C)CC2CCOCC2)C1. The minimum absolute atomic E-state index is 0.766. The van der Waals surface area contributed by atoms with Gasteiger partial charge in [-0.3, -0.25) is 0 Å². The molecule has 2 aliphatic rings. The number of rotatable bonds is 5. The minimum atomic E-state index is 0.766. The Labute approximate surface area is 106 Å². The van der Waals surface area contributed by atoms with E-state index in [-0.39, 0.29) is 0 Å². The second-order valence-corrected chi connectivity index (χ2v) is 5.72. The first-order valence-electron chi connectivity index (χ1n) is 7.31. The van der Waals surface area contributed by atoms with Gasteiger partial charge < -0.3 is 15.0 Å². The lowest BCUT2D eigenvalue weighted by Gasteiger charge is -2.31. The van der Waals surface area contributed by atoms with Crippen LogP contribution in [-0.4, -0.2) is 50.3 Å². The molecule has 2 rings (SSSR count). The molecule has 100 valence electrons. The number of ether oxygens (including phenoxy) is 1.